The summed E-state index contributed by atoms with van der Waals surface area (Å²) in [5, 5.41) is 0. The fraction of sp³-hybridized carbons (Fsp3) is 0.222. The van der Waals surface area contributed by atoms with Crippen molar-refractivity contribution in [2.45, 2.75) is 19.1 Å². The fourth-order valence-electron chi connectivity index (χ4n) is 4.46. The van der Waals surface area contributed by atoms with Crippen molar-refractivity contribution in [1.82, 2.24) is 14.5 Å². The predicted octanol–water partition coefficient (Wildman–Crippen LogP) is 3.76. The molecular formula is C27H23N3O5. The van der Waals surface area contributed by atoms with E-state index in [-0.39, 0.29) is 24.3 Å². The van der Waals surface area contributed by atoms with Crippen molar-refractivity contribution >= 4 is 0 Å². The highest BCUT2D eigenvalue weighted by Gasteiger charge is 2.24. The molecule has 4 aromatic rings. The Kier molecular flexibility index (Phi) is 5.33. The van der Waals surface area contributed by atoms with Crippen LogP contribution in [0, 0.1) is 0 Å². The Balaban J connectivity index is 1.24. The zero-order valence-corrected chi connectivity index (χ0v) is 19.1. The zero-order valence-electron chi connectivity index (χ0n) is 19.1. The number of pyridine rings is 1. The topological polar surface area (TPSA) is 84.7 Å². The molecule has 0 fully saturated rings. The van der Waals surface area contributed by atoms with Gasteiger partial charge in [0, 0.05) is 24.4 Å². The third kappa shape index (κ3) is 4.07. The van der Waals surface area contributed by atoms with Crippen LogP contribution < -0.4 is 24.6 Å². The number of aromatic nitrogens is 3. The highest BCUT2D eigenvalue weighted by atomic mass is 16.6. The van der Waals surface area contributed by atoms with Crippen molar-refractivity contribution in [3.05, 3.63) is 82.9 Å². The summed E-state index contributed by atoms with van der Waals surface area (Å²) in [7, 11) is 1.66. The highest BCUT2D eigenvalue weighted by molar-refractivity contribution is 5.73. The standard InChI is InChI=1S/C27H23N3O5/c1-32-20-7-4-17(5-8-20)18-6-9-22-19(13-18)10-12-30-23(22)14-25(29-27(30)31)33-15-21-16-34-26-24(35-21)3-2-11-28-26/h2-9,11,13-14,21H,10,12,15-16H2,1H3. The summed E-state index contributed by atoms with van der Waals surface area (Å²) in [6.07, 6.45) is 2.09. The van der Waals surface area contributed by atoms with E-state index in [1.807, 2.05) is 30.3 Å². The summed E-state index contributed by atoms with van der Waals surface area (Å²) >= 11 is 0. The third-order valence-corrected chi connectivity index (χ3v) is 6.25. The number of fused-ring (bicyclic) bond motifs is 4. The molecule has 0 saturated carbocycles. The van der Waals surface area contributed by atoms with Crippen molar-refractivity contribution < 1.29 is 18.9 Å². The minimum Gasteiger partial charge on any atom is -0.497 e. The monoisotopic (exact) mass is 469 g/mol. The average Bonchev–Trinajstić information content (AvgIpc) is 2.91. The normalized spacial score (nSPS) is 15.6. The lowest BCUT2D eigenvalue weighted by molar-refractivity contribution is 0.0486. The first kappa shape index (κ1) is 21.2. The van der Waals surface area contributed by atoms with Crippen molar-refractivity contribution in [2.75, 3.05) is 20.3 Å². The first-order chi connectivity index (χ1) is 17.2. The number of hydrogen-bond donors (Lipinski definition) is 0. The molecule has 2 aromatic heterocycles. The van der Waals surface area contributed by atoms with Crippen LogP contribution >= 0.6 is 0 Å². The Morgan fingerprint density at radius 2 is 1.94 bits per heavy atom. The van der Waals surface area contributed by atoms with Gasteiger partial charge in [-0.05, 0) is 47.4 Å². The number of methoxy groups -OCH3 is 1. The lowest BCUT2D eigenvalue weighted by Crippen LogP contribution is -2.35. The van der Waals surface area contributed by atoms with Crippen molar-refractivity contribution in [2.24, 2.45) is 0 Å². The Hall–Kier alpha value is -4.33. The van der Waals surface area contributed by atoms with Gasteiger partial charge in [0.05, 0.1) is 12.8 Å². The number of nitrogens with zero attached hydrogens (tertiary/aromatic N) is 3. The quantitative estimate of drug-likeness (QED) is 0.440. The second-order valence-corrected chi connectivity index (χ2v) is 8.43. The molecule has 2 aromatic carbocycles. The second kappa shape index (κ2) is 8.79. The van der Waals surface area contributed by atoms with E-state index >= 15 is 0 Å². The summed E-state index contributed by atoms with van der Waals surface area (Å²) in [5.41, 5.74) is 4.91. The predicted molar refractivity (Wildman–Crippen MR) is 129 cm³/mol. The molecule has 8 nitrogen and oxygen atoms in total. The van der Waals surface area contributed by atoms with Gasteiger partial charge in [0.15, 0.2) is 11.9 Å². The van der Waals surface area contributed by atoms with E-state index in [2.05, 4.69) is 28.2 Å². The number of benzene rings is 2. The van der Waals surface area contributed by atoms with E-state index in [4.69, 9.17) is 18.9 Å². The van der Waals surface area contributed by atoms with Crippen molar-refractivity contribution in [3.63, 3.8) is 0 Å². The lowest BCUT2D eigenvalue weighted by Gasteiger charge is -2.26. The van der Waals surface area contributed by atoms with Crippen LogP contribution in [-0.4, -0.2) is 41.0 Å². The van der Waals surface area contributed by atoms with E-state index in [1.54, 1.807) is 30.0 Å². The molecule has 0 N–H and O–H groups in total. The molecule has 2 aliphatic heterocycles. The minimum absolute atomic E-state index is 0.202. The van der Waals surface area contributed by atoms with E-state index < -0.39 is 0 Å². The summed E-state index contributed by atoms with van der Waals surface area (Å²) in [6, 6.07) is 19.7. The maximum Gasteiger partial charge on any atom is 0.351 e. The summed E-state index contributed by atoms with van der Waals surface area (Å²) < 4.78 is 24.4. The van der Waals surface area contributed by atoms with Gasteiger partial charge in [-0.15, -0.1) is 0 Å². The third-order valence-electron chi connectivity index (χ3n) is 6.25. The molecule has 0 saturated heterocycles. The van der Waals surface area contributed by atoms with Gasteiger partial charge in [-0.2, -0.15) is 4.98 Å². The van der Waals surface area contributed by atoms with E-state index in [1.165, 1.54) is 5.56 Å². The summed E-state index contributed by atoms with van der Waals surface area (Å²) in [5.74, 6) is 2.15. The van der Waals surface area contributed by atoms with Gasteiger partial charge in [0.1, 0.15) is 19.0 Å². The Bertz CT molecular complexity index is 1450. The second-order valence-electron chi connectivity index (χ2n) is 8.43. The van der Waals surface area contributed by atoms with E-state index in [9.17, 15) is 4.79 Å². The molecule has 35 heavy (non-hydrogen) atoms. The molecule has 0 bridgehead atoms. The van der Waals surface area contributed by atoms with Gasteiger partial charge in [0.2, 0.25) is 5.88 Å². The molecule has 0 spiro atoms. The molecule has 0 radical (unpaired) electrons. The molecule has 2 aliphatic rings. The number of aryl methyl sites for hydroxylation is 1. The SMILES string of the molecule is COc1ccc(-c2ccc3c(c2)CCn2c-3cc(OCC3COc4ncccc4O3)nc2=O)cc1. The zero-order chi connectivity index (χ0) is 23.8. The molecule has 1 unspecified atom stereocenters. The summed E-state index contributed by atoms with van der Waals surface area (Å²) in [6.45, 7) is 1.09. The number of hydrogen-bond acceptors (Lipinski definition) is 7. The fourth-order valence-corrected chi connectivity index (χ4v) is 4.46. The molecular weight excluding hydrogens is 446 g/mol. The molecule has 0 amide bonds. The first-order valence-corrected chi connectivity index (χ1v) is 11.4. The van der Waals surface area contributed by atoms with Gasteiger partial charge < -0.3 is 18.9 Å². The minimum atomic E-state index is -0.327. The van der Waals surface area contributed by atoms with Crippen LogP contribution in [0.5, 0.6) is 23.3 Å². The Labute approximate surface area is 201 Å². The van der Waals surface area contributed by atoms with Gasteiger partial charge in [-0.25, -0.2) is 9.78 Å². The maximum absolute atomic E-state index is 12.8. The first-order valence-electron chi connectivity index (χ1n) is 11.4. The molecule has 176 valence electrons. The molecule has 6 rings (SSSR count). The number of ether oxygens (including phenoxy) is 4. The lowest BCUT2D eigenvalue weighted by atomic mass is 9.93. The molecule has 1 atom stereocenters. The van der Waals surface area contributed by atoms with Gasteiger partial charge in [-0.3, -0.25) is 4.57 Å². The van der Waals surface area contributed by atoms with Crippen LogP contribution in [0.25, 0.3) is 22.4 Å². The van der Waals surface area contributed by atoms with Crippen molar-refractivity contribution in [1.29, 1.82) is 0 Å². The van der Waals surface area contributed by atoms with Gasteiger partial charge >= 0.3 is 5.69 Å². The number of rotatable bonds is 5. The van der Waals surface area contributed by atoms with Gasteiger partial charge in [-0.1, -0.05) is 30.3 Å². The van der Waals surface area contributed by atoms with E-state index in [0.29, 0.717) is 24.8 Å². The van der Waals surface area contributed by atoms with Gasteiger partial charge in [0.25, 0.3) is 5.88 Å². The Morgan fingerprint density at radius 1 is 1.09 bits per heavy atom. The van der Waals surface area contributed by atoms with Crippen LogP contribution in [0.15, 0.2) is 71.7 Å². The molecule has 8 heteroatoms. The van der Waals surface area contributed by atoms with Crippen LogP contribution in [0.1, 0.15) is 5.56 Å². The maximum atomic E-state index is 12.8. The average molecular weight is 469 g/mol. The largest absolute Gasteiger partial charge is 0.497 e. The Morgan fingerprint density at radius 3 is 2.80 bits per heavy atom. The molecule has 0 aliphatic carbocycles. The van der Waals surface area contributed by atoms with Crippen LogP contribution in [0.2, 0.25) is 0 Å². The van der Waals surface area contributed by atoms with Crippen LogP contribution in [0.3, 0.4) is 0 Å². The molecule has 4 heterocycles. The van der Waals surface area contributed by atoms with Crippen LogP contribution in [-0.2, 0) is 13.0 Å². The van der Waals surface area contributed by atoms with E-state index in [0.717, 1.165) is 34.6 Å². The highest BCUT2D eigenvalue weighted by Crippen LogP contribution is 2.34. The summed E-state index contributed by atoms with van der Waals surface area (Å²) in [4.78, 5) is 21.0. The van der Waals surface area contributed by atoms with Crippen molar-refractivity contribution in [3.8, 4) is 45.6 Å². The van der Waals surface area contributed by atoms with Crippen LogP contribution in [0.4, 0.5) is 0 Å². The smallest absolute Gasteiger partial charge is 0.351 e.